The second kappa shape index (κ2) is 9.17. The number of rotatable bonds is 5. The highest BCUT2D eigenvalue weighted by Crippen LogP contribution is 2.29. The number of hydrogen-bond acceptors (Lipinski definition) is 7. The van der Waals surface area contributed by atoms with Gasteiger partial charge in [-0.25, -0.2) is 9.97 Å². The van der Waals surface area contributed by atoms with Gasteiger partial charge >= 0.3 is 0 Å². The molecule has 2 aromatic heterocycles. The predicted molar refractivity (Wildman–Crippen MR) is 121 cm³/mol. The maximum atomic E-state index is 11.6. The standard InChI is InChI=1S/C22H24N4O4.H2S/c1-22(2,28)15-6-4-14(5-7-15)17-10-18-20(24-9-8-23-18)21(25-17)30-12-16-11-26(3)19(27)13-29-16;/h4-10,16,28H,11-13H2,1-3H3;1H2/t16-;/m0./s1. The number of likely N-dealkylation sites (N-methyl/N-ethyl adjacent to an activating group) is 1. The summed E-state index contributed by atoms with van der Waals surface area (Å²) in [6.07, 6.45) is 2.98. The van der Waals surface area contributed by atoms with Crippen molar-refractivity contribution in [1.82, 2.24) is 19.9 Å². The monoisotopic (exact) mass is 442 g/mol. The first-order chi connectivity index (χ1) is 14.3. The average molecular weight is 443 g/mol. The summed E-state index contributed by atoms with van der Waals surface area (Å²) in [5.74, 6) is 0.322. The number of carbonyl (C=O) groups is 1. The van der Waals surface area contributed by atoms with Gasteiger partial charge in [0.2, 0.25) is 11.8 Å². The highest BCUT2D eigenvalue weighted by molar-refractivity contribution is 7.59. The molecule has 1 N–H and O–H groups in total. The summed E-state index contributed by atoms with van der Waals surface area (Å²) in [7, 11) is 1.74. The smallest absolute Gasteiger partial charge is 0.248 e. The van der Waals surface area contributed by atoms with Gasteiger partial charge in [-0.15, -0.1) is 0 Å². The van der Waals surface area contributed by atoms with Gasteiger partial charge in [-0.05, 0) is 25.5 Å². The number of aromatic nitrogens is 3. The number of nitrogens with zero attached hydrogens (tertiary/aromatic N) is 4. The summed E-state index contributed by atoms with van der Waals surface area (Å²) in [5, 5.41) is 10.2. The number of carbonyl (C=O) groups excluding carboxylic acids is 1. The Morgan fingerprint density at radius 3 is 2.61 bits per heavy atom. The molecule has 164 valence electrons. The lowest BCUT2D eigenvalue weighted by Gasteiger charge is -2.29. The zero-order valence-corrected chi connectivity index (χ0v) is 18.7. The van der Waals surface area contributed by atoms with Crippen molar-refractivity contribution in [1.29, 1.82) is 0 Å². The predicted octanol–water partition coefficient (Wildman–Crippen LogP) is 2.27. The molecule has 3 aromatic rings. The summed E-state index contributed by atoms with van der Waals surface area (Å²) >= 11 is 0. The molecular weight excluding hydrogens is 416 g/mol. The van der Waals surface area contributed by atoms with Crippen molar-refractivity contribution in [2.45, 2.75) is 25.6 Å². The first kappa shape index (κ1) is 22.9. The topological polar surface area (TPSA) is 97.7 Å². The van der Waals surface area contributed by atoms with E-state index in [4.69, 9.17) is 9.47 Å². The van der Waals surface area contributed by atoms with Crippen molar-refractivity contribution in [2.24, 2.45) is 0 Å². The van der Waals surface area contributed by atoms with Crippen LogP contribution in [-0.2, 0) is 15.1 Å². The van der Waals surface area contributed by atoms with E-state index in [1.165, 1.54) is 0 Å². The molecule has 1 fully saturated rings. The Hall–Kier alpha value is -2.75. The lowest BCUT2D eigenvalue weighted by molar-refractivity contribution is -0.148. The number of aliphatic hydroxyl groups is 1. The molecule has 0 bridgehead atoms. The zero-order chi connectivity index (χ0) is 21.3. The van der Waals surface area contributed by atoms with E-state index in [1.807, 2.05) is 30.3 Å². The third-order valence-corrected chi connectivity index (χ3v) is 5.06. The maximum Gasteiger partial charge on any atom is 0.248 e. The number of benzene rings is 1. The van der Waals surface area contributed by atoms with E-state index < -0.39 is 5.60 Å². The fraction of sp³-hybridized carbons (Fsp3) is 0.364. The Morgan fingerprint density at radius 1 is 1.23 bits per heavy atom. The Balaban J connectivity index is 0.00000272. The summed E-state index contributed by atoms with van der Waals surface area (Å²) in [6, 6.07) is 9.43. The van der Waals surface area contributed by atoms with Crippen LogP contribution in [0.4, 0.5) is 0 Å². The zero-order valence-electron chi connectivity index (χ0n) is 17.7. The summed E-state index contributed by atoms with van der Waals surface area (Å²) in [6.45, 7) is 4.25. The molecule has 0 aliphatic carbocycles. The molecule has 31 heavy (non-hydrogen) atoms. The fourth-order valence-corrected chi connectivity index (χ4v) is 3.27. The van der Waals surface area contributed by atoms with Crippen LogP contribution in [0.2, 0.25) is 0 Å². The van der Waals surface area contributed by atoms with Gasteiger partial charge in [0.15, 0.2) is 5.52 Å². The van der Waals surface area contributed by atoms with Gasteiger partial charge in [0.05, 0.1) is 16.8 Å². The third-order valence-electron chi connectivity index (χ3n) is 5.06. The SMILES string of the molecule is CN1C[C@@H](COc2nc(-c3ccc(C(C)(C)O)cc3)cc3nccnc23)OCC1=O.S. The molecule has 4 rings (SSSR count). The van der Waals surface area contributed by atoms with Gasteiger partial charge in [-0.3, -0.25) is 9.78 Å². The van der Waals surface area contributed by atoms with Crippen molar-refractivity contribution in [2.75, 3.05) is 26.8 Å². The van der Waals surface area contributed by atoms with Crippen LogP contribution in [0.15, 0.2) is 42.7 Å². The van der Waals surface area contributed by atoms with Crippen molar-refractivity contribution in [3.8, 4) is 17.1 Å². The van der Waals surface area contributed by atoms with Gasteiger partial charge < -0.3 is 19.5 Å². The number of pyridine rings is 1. The molecule has 1 aliphatic rings. The number of ether oxygens (including phenoxy) is 2. The number of fused-ring (bicyclic) bond motifs is 1. The minimum absolute atomic E-state index is 0. The average Bonchev–Trinajstić information content (AvgIpc) is 2.73. The van der Waals surface area contributed by atoms with Crippen molar-refractivity contribution < 1.29 is 19.4 Å². The minimum atomic E-state index is -0.913. The van der Waals surface area contributed by atoms with Crippen LogP contribution in [0.25, 0.3) is 22.3 Å². The Labute approximate surface area is 187 Å². The Kier molecular flexibility index (Phi) is 6.78. The molecule has 9 heteroatoms. The van der Waals surface area contributed by atoms with E-state index in [-0.39, 0.29) is 38.7 Å². The van der Waals surface area contributed by atoms with E-state index in [0.717, 1.165) is 11.1 Å². The quantitative estimate of drug-likeness (QED) is 0.647. The minimum Gasteiger partial charge on any atom is -0.473 e. The fourth-order valence-electron chi connectivity index (χ4n) is 3.27. The van der Waals surface area contributed by atoms with E-state index in [2.05, 4.69) is 15.0 Å². The third kappa shape index (κ3) is 5.12. The van der Waals surface area contributed by atoms with Crippen LogP contribution >= 0.6 is 13.5 Å². The van der Waals surface area contributed by atoms with Crippen molar-refractivity contribution in [3.63, 3.8) is 0 Å². The van der Waals surface area contributed by atoms with Crippen molar-refractivity contribution >= 4 is 30.4 Å². The second-order valence-corrected chi connectivity index (χ2v) is 7.89. The molecule has 1 aromatic carbocycles. The van der Waals surface area contributed by atoms with E-state index in [0.29, 0.717) is 29.2 Å². The van der Waals surface area contributed by atoms with Crippen LogP contribution < -0.4 is 4.74 Å². The van der Waals surface area contributed by atoms with Gasteiger partial charge in [0, 0.05) is 31.5 Å². The lowest BCUT2D eigenvalue weighted by Crippen LogP contribution is -2.46. The molecule has 0 spiro atoms. The first-order valence-electron chi connectivity index (χ1n) is 9.74. The molecular formula is C22H26N4O4S. The van der Waals surface area contributed by atoms with Crippen LogP contribution in [0.3, 0.4) is 0 Å². The van der Waals surface area contributed by atoms with E-state index in [1.54, 1.807) is 38.2 Å². The molecule has 0 saturated carbocycles. The van der Waals surface area contributed by atoms with Crippen molar-refractivity contribution in [3.05, 3.63) is 48.3 Å². The van der Waals surface area contributed by atoms with Gasteiger partial charge in [0.25, 0.3) is 0 Å². The van der Waals surface area contributed by atoms with Crippen LogP contribution in [0.1, 0.15) is 19.4 Å². The van der Waals surface area contributed by atoms with Gasteiger partial charge in [-0.1, -0.05) is 24.3 Å². The molecule has 0 radical (unpaired) electrons. The summed E-state index contributed by atoms with van der Waals surface area (Å²) < 4.78 is 11.5. The van der Waals surface area contributed by atoms with E-state index in [9.17, 15) is 9.90 Å². The molecule has 1 aliphatic heterocycles. The summed E-state index contributed by atoms with van der Waals surface area (Å²) in [4.78, 5) is 26.6. The first-order valence-corrected chi connectivity index (χ1v) is 9.74. The van der Waals surface area contributed by atoms with Crippen LogP contribution in [0, 0.1) is 0 Å². The molecule has 1 atom stereocenters. The van der Waals surface area contributed by atoms with Crippen LogP contribution in [-0.4, -0.2) is 63.8 Å². The second-order valence-electron chi connectivity index (χ2n) is 7.89. The normalized spacial score (nSPS) is 16.8. The Morgan fingerprint density at radius 2 is 1.94 bits per heavy atom. The largest absolute Gasteiger partial charge is 0.473 e. The van der Waals surface area contributed by atoms with Crippen LogP contribution in [0.5, 0.6) is 5.88 Å². The maximum absolute atomic E-state index is 11.6. The molecule has 8 nitrogen and oxygen atoms in total. The Bertz CT molecular complexity index is 1070. The molecule has 3 heterocycles. The molecule has 1 amide bonds. The highest BCUT2D eigenvalue weighted by Gasteiger charge is 2.24. The van der Waals surface area contributed by atoms with E-state index >= 15 is 0 Å². The summed E-state index contributed by atoms with van der Waals surface area (Å²) in [5.41, 5.74) is 2.70. The number of amides is 1. The van der Waals surface area contributed by atoms with Gasteiger partial charge in [-0.2, -0.15) is 13.5 Å². The molecule has 1 saturated heterocycles. The van der Waals surface area contributed by atoms with Gasteiger partial charge in [0.1, 0.15) is 19.3 Å². The number of morpholine rings is 1. The number of hydrogen-bond donors (Lipinski definition) is 1. The highest BCUT2D eigenvalue weighted by atomic mass is 32.1. The molecule has 0 unspecified atom stereocenters. The lowest BCUT2D eigenvalue weighted by atomic mass is 9.96.